The maximum absolute atomic E-state index is 6.08. The molecule has 2 heterocycles. The van der Waals surface area contributed by atoms with Gasteiger partial charge in [-0.05, 0) is 100 Å². The molecule has 5 aromatic rings. The van der Waals surface area contributed by atoms with Crippen molar-refractivity contribution >= 4 is 89.2 Å². The Labute approximate surface area is 320 Å². The first-order valence-electron chi connectivity index (χ1n) is 16.5. The van der Waals surface area contributed by atoms with Crippen LogP contribution >= 0.6 is 45.2 Å². The monoisotopic (exact) mass is 924 g/mol. The molecule has 2 aromatic heterocycles. The molecule has 49 heavy (non-hydrogen) atoms. The second-order valence-corrected chi connectivity index (χ2v) is 27.9. The topological polar surface area (TPSA) is 72.6 Å². The van der Waals surface area contributed by atoms with E-state index in [2.05, 4.69) is 164 Å². The third-order valence-corrected chi connectivity index (χ3v) is 14.4. The van der Waals surface area contributed by atoms with Crippen molar-refractivity contribution in [2.45, 2.75) is 77.7 Å². The molecular formula is C37H50I2N4O4Si2. The molecule has 0 aliphatic carbocycles. The van der Waals surface area contributed by atoms with E-state index in [-0.39, 0.29) is 5.73 Å². The molecule has 0 saturated heterocycles. The average molecular weight is 925 g/mol. The molecule has 0 aliphatic rings. The third kappa shape index (κ3) is 10.6. The van der Waals surface area contributed by atoms with E-state index in [4.69, 9.17) is 24.0 Å². The smallest absolute Gasteiger partial charge is 0.203 e. The number of nitrogens with zero attached hydrogens (tertiary/aromatic N) is 4. The summed E-state index contributed by atoms with van der Waals surface area (Å²) in [7, 11) is 0.828. The van der Waals surface area contributed by atoms with Gasteiger partial charge in [0.2, 0.25) is 6.29 Å². The predicted molar refractivity (Wildman–Crippen MR) is 225 cm³/mol. The van der Waals surface area contributed by atoms with E-state index in [0.29, 0.717) is 13.5 Å². The van der Waals surface area contributed by atoms with Gasteiger partial charge in [0, 0.05) is 58.1 Å². The zero-order valence-corrected chi connectivity index (χ0v) is 36.5. The highest BCUT2D eigenvalue weighted by Gasteiger charge is 2.25. The summed E-state index contributed by atoms with van der Waals surface area (Å²) in [6.07, 6.45) is 1.41. The maximum Gasteiger partial charge on any atom is 0.203 e. The number of hydrogen-bond donors (Lipinski definition) is 0. The molecule has 12 heteroatoms. The lowest BCUT2D eigenvalue weighted by Crippen LogP contribution is -2.38. The summed E-state index contributed by atoms with van der Waals surface area (Å²) in [5, 5.41) is 11.7. The fourth-order valence-corrected chi connectivity index (χ4v) is 7.37. The van der Waals surface area contributed by atoms with E-state index < -0.39 is 22.4 Å². The Morgan fingerprint density at radius 3 is 2.18 bits per heavy atom. The molecule has 0 N–H and O–H groups in total. The minimum absolute atomic E-state index is 0.258. The second-order valence-electron chi connectivity index (χ2n) is 14.3. The van der Waals surface area contributed by atoms with Gasteiger partial charge < -0.3 is 18.9 Å². The van der Waals surface area contributed by atoms with Gasteiger partial charge in [-0.15, -0.1) is 0 Å². The molecule has 8 nitrogen and oxygen atoms in total. The summed E-state index contributed by atoms with van der Waals surface area (Å²) in [5.74, 6) is 0. The van der Waals surface area contributed by atoms with E-state index in [1.54, 1.807) is 14.2 Å². The normalized spacial score (nSPS) is 12.8. The Morgan fingerprint density at radius 2 is 1.53 bits per heavy atom. The molecule has 1 unspecified atom stereocenters. The molecule has 3 aromatic carbocycles. The summed E-state index contributed by atoms with van der Waals surface area (Å²) in [6, 6.07) is 22.1. The summed E-state index contributed by atoms with van der Waals surface area (Å²) in [6.45, 7) is 21.8. The van der Waals surface area contributed by atoms with Crippen LogP contribution in [0, 0.1) is 7.14 Å². The van der Waals surface area contributed by atoms with E-state index in [9.17, 15) is 0 Å². The van der Waals surface area contributed by atoms with Crippen LogP contribution < -0.4 is 0 Å². The number of halogens is 2. The molecule has 264 valence electrons. The average Bonchev–Trinajstić information content (AvgIpc) is 3.60. The second kappa shape index (κ2) is 17.5. The van der Waals surface area contributed by atoms with Crippen LogP contribution in [0.25, 0.3) is 39.1 Å². The summed E-state index contributed by atoms with van der Waals surface area (Å²) < 4.78 is 29.0. The number of benzene rings is 3. The van der Waals surface area contributed by atoms with Gasteiger partial charge in [0.15, 0.2) is 0 Å². The first kappa shape index (κ1) is 39.9. The molecule has 5 rings (SSSR count). The van der Waals surface area contributed by atoms with Gasteiger partial charge in [-0.3, -0.25) is 0 Å². The molecule has 0 aliphatic heterocycles. The number of ether oxygens (including phenoxy) is 4. The Balaban J connectivity index is 0.000000223. The number of methoxy groups -OCH3 is 2. The van der Waals surface area contributed by atoms with Gasteiger partial charge in [0.05, 0.1) is 19.1 Å². The first-order valence-corrected chi connectivity index (χ1v) is 25.9. The maximum atomic E-state index is 6.08. The number of rotatable bonds is 14. The van der Waals surface area contributed by atoms with Crippen LogP contribution in [0.5, 0.6) is 0 Å². The quantitative estimate of drug-likeness (QED) is 0.0478. The highest BCUT2D eigenvalue weighted by atomic mass is 127. The van der Waals surface area contributed by atoms with Crippen molar-refractivity contribution in [1.82, 2.24) is 19.6 Å². The molecule has 1 atom stereocenters. The molecule has 0 fully saturated rings. The predicted octanol–water partition coefficient (Wildman–Crippen LogP) is 10.4. The van der Waals surface area contributed by atoms with Crippen molar-refractivity contribution < 1.29 is 18.9 Å². The van der Waals surface area contributed by atoms with Crippen LogP contribution in [0.2, 0.25) is 45.3 Å². The summed E-state index contributed by atoms with van der Waals surface area (Å²) in [5.41, 5.74) is 6.42. The fourth-order valence-electron chi connectivity index (χ4n) is 5.01. The van der Waals surface area contributed by atoms with E-state index in [1.165, 1.54) is 9.61 Å². The fraction of sp³-hybridized carbons (Fsp3) is 0.405. The van der Waals surface area contributed by atoms with Gasteiger partial charge in [-0.2, -0.15) is 10.2 Å². The SMILES string of the molecule is C=Cc1cc(-c2nn(COCC[Si](C)(C)C)c3ccccc23)ccc1I.COC(OC)c1nn(COC(C)[Si](C)(C)C)c2cc(I)ccc12. The molecular weight excluding hydrogens is 874 g/mol. The number of para-hydroxylation sites is 1. The molecule has 0 amide bonds. The van der Waals surface area contributed by atoms with Gasteiger partial charge in [-0.25, -0.2) is 9.36 Å². The Morgan fingerprint density at radius 1 is 0.837 bits per heavy atom. The van der Waals surface area contributed by atoms with Crippen LogP contribution in [-0.2, 0) is 32.4 Å². The highest BCUT2D eigenvalue weighted by molar-refractivity contribution is 14.1. The van der Waals surface area contributed by atoms with Crippen molar-refractivity contribution in [3.63, 3.8) is 0 Å². The van der Waals surface area contributed by atoms with Crippen molar-refractivity contribution in [1.29, 1.82) is 0 Å². The number of hydrogen-bond acceptors (Lipinski definition) is 6. The minimum atomic E-state index is -1.34. The third-order valence-electron chi connectivity index (χ3n) is 8.42. The Hall–Kier alpha value is -1.93. The molecule has 0 radical (unpaired) electrons. The van der Waals surface area contributed by atoms with Crippen LogP contribution in [0.1, 0.15) is 24.5 Å². The lowest BCUT2D eigenvalue weighted by Gasteiger charge is -2.25. The summed E-state index contributed by atoms with van der Waals surface area (Å²) in [4.78, 5) is 0. The van der Waals surface area contributed by atoms with Crippen molar-refractivity contribution in [2.24, 2.45) is 0 Å². The Kier molecular flexibility index (Phi) is 14.3. The van der Waals surface area contributed by atoms with Crippen molar-refractivity contribution in [3.05, 3.63) is 85.6 Å². The molecule has 0 saturated carbocycles. The Bertz CT molecular complexity index is 1860. The van der Waals surface area contributed by atoms with Crippen LogP contribution in [0.15, 0.2) is 67.2 Å². The van der Waals surface area contributed by atoms with Gasteiger partial charge in [0.25, 0.3) is 0 Å². The lowest BCUT2D eigenvalue weighted by molar-refractivity contribution is -0.108. The standard InChI is InChI=1S/C21H25IN2OSi.C16H25IN2O3Si/c1-5-16-14-17(10-11-19(16)22)21-18-8-6-7-9-20(18)24(23-21)15-25-12-13-26(2,3)4;1-11(23(4,5)6)22-10-19-14-9-12(17)7-8-13(14)15(18-19)16(20-2)21-3/h5-11,14H,1,12-13,15H2,2-4H3;7-9,11,16H,10H2,1-6H3. The van der Waals surface area contributed by atoms with Crippen molar-refractivity contribution in [3.8, 4) is 11.3 Å². The van der Waals surface area contributed by atoms with Gasteiger partial charge in [-0.1, -0.05) is 76.2 Å². The van der Waals surface area contributed by atoms with E-state index in [0.717, 1.165) is 54.5 Å². The van der Waals surface area contributed by atoms with Crippen LogP contribution in [0.3, 0.4) is 0 Å². The number of fused-ring (bicyclic) bond motifs is 2. The summed E-state index contributed by atoms with van der Waals surface area (Å²) >= 11 is 4.64. The van der Waals surface area contributed by atoms with E-state index in [1.807, 2.05) is 15.4 Å². The van der Waals surface area contributed by atoms with Gasteiger partial charge >= 0.3 is 0 Å². The minimum Gasteiger partial charge on any atom is -0.360 e. The highest BCUT2D eigenvalue weighted by Crippen LogP contribution is 2.31. The van der Waals surface area contributed by atoms with Crippen LogP contribution in [0.4, 0.5) is 0 Å². The number of aromatic nitrogens is 4. The lowest BCUT2D eigenvalue weighted by atomic mass is 10.1. The van der Waals surface area contributed by atoms with Crippen LogP contribution in [-0.4, -0.2) is 62.3 Å². The zero-order chi connectivity index (χ0) is 35.9. The largest absolute Gasteiger partial charge is 0.360 e. The van der Waals surface area contributed by atoms with Gasteiger partial charge in [0.1, 0.15) is 24.8 Å². The first-order chi connectivity index (χ1) is 23.2. The van der Waals surface area contributed by atoms with E-state index >= 15 is 0 Å². The zero-order valence-electron chi connectivity index (χ0n) is 30.2. The van der Waals surface area contributed by atoms with Crippen molar-refractivity contribution in [2.75, 3.05) is 20.8 Å². The molecule has 0 bridgehead atoms. The molecule has 0 spiro atoms.